The number of carbonyl (C=O) groups excluding carboxylic acids is 1. The number of hydrogen-bond acceptors (Lipinski definition) is 5. The van der Waals surface area contributed by atoms with E-state index in [2.05, 4.69) is 20.4 Å². The number of fused-ring (bicyclic) bond motifs is 1. The number of alkyl halides is 5. The number of pyridine rings is 1. The lowest BCUT2D eigenvalue weighted by Gasteiger charge is -2.32. The number of carbonyl (C=O) groups is 1. The zero-order valence-electron chi connectivity index (χ0n) is 16.6. The summed E-state index contributed by atoms with van der Waals surface area (Å²) >= 11 is 0. The van der Waals surface area contributed by atoms with Crippen LogP contribution in [0.2, 0.25) is 0 Å². The molecule has 2 aromatic rings. The monoisotopic (exact) mass is 465 g/mol. The molecule has 6 nitrogen and oxygen atoms in total. The molecule has 1 saturated carbocycles. The first-order chi connectivity index (χ1) is 15.1. The number of aromatic nitrogens is 1. The Morgan fingerprint density at radius 3 is 2.41 bits per heavy atom. The SMILES string of the molecule is O=C(NC1CCC(N[C@@H](CO)C(F)(F)F)CC1)c1cnc2cc(OC(F)F)c(F)cc2c1. The molecule has 0 bridgehead atoms. The highest BCUT2D eigenvalue weighted by Crippen LogP contribution is 2.27. The number of nitrogens with zero attached hydrogens (tertiary/aromatic N) is 1. The summed E-state index contributed by atoms with van der Waals surface area (Å²) in [6.45, 7) is -4.24. The van der Waals surface area contributed by atoms with E-state index in [1.807, 2.05) is 0 Å². The van der Waals surface area contributed by atoms with Crippen molar-refractivity contribution >= 4 is 16.8 Å². The smallest absolute Gasteiger partial charge is 0.406 e. The van der Waals surface area contributed by atoms with Gasteiger partial charge in [-0.05, 0) is 37.8 Å². The lowest BCUT2D eigenvalue weighted by Crippen LogP contribution is -2.51. The predicted molar refractivity (Wildman–Crippen MR) is 102 cm³/mol. The third kappa shape index (κ3) is 6.00. The first-order valence-corrected chi connectivity index (χ1v) is 9.85. The van der Waals surface area contributed by atoms with E-state index < -0.39 is 49.0 Å². The fourth-order valence-electron chi connectivity index (χ4n) is 3.65. The predicted octanol–water partition coefficient (Wildman–Crippen LogP) is 3.53. The maximum atomic E-state index is 13.9. The average Bonchev–Trinajstić information content (AvgIpc) is 2.72. The largest absolute Gasteiger partial charge is 0.432 e. The van der Waals surface area contributed by atoms with Crippen molar-refractivity contribution in [2.75, 3.05) is 6.61 Å². The summed E-state index contributed by atoms with van der Waals surface area (Å²) in [5, 5.41) is 14.3. The van der Waals surface area contributed by atoms with Crippen molar-refractivity contribution in [1.82, 2.24) is 15.6 Å². The Morgan fingerprint density at radius 2 is 1.81 bits per heavy atom. The number of benzene rings is 1. The van der Waals surface area contributed by atoms with Crippen LogP contribution in [0.3, 0.4) is 0 Å². The van der Waals surface area contributed by atoms with Gasteiger partial charge in [-0.2, -0.15) is 22.0 Å². The Morgan fingerprint density at radius 1 is 1.16 bits per heavy atom. The minimum absolute atomic E-state index is 0.122. The Labute approximate surface area is 179 Å². The highest BCUT2D eigenvalue weighted by Gasteiger charge is 2.40. The van der Waals surface area contributed by atoms with Gasteiger partial charge in [-0.3, -0.25) is 9.78 Å². The van der Waals surface area contributed by atoms with Gasteiger partial charge in [-0.15, -0.1) is 0 Å². The molecular weight excluding hydrogens is 444 g/mol. The third-order valence-electron chi connectivity index (χ3n) is 5.29. The van der Waals surface area contributed by atoms with Crippen molar-refractivity contribution < 1.29 is 41.0 Å². The van der Waals surface area contributed by atoms with Gasteiger partial charge < -0.3 is 20.5 Å². The van der Waals surface area contributed by atoms with Gasteiger partial charge in [0.1, 0.15) is 6.04 Å². The van der Waals surface area contributed by atoms with Gasteiger partial charge in [0.15, 0.2) is 11.6 Å². The van der Waals surface area contributed by atoms with Crippen LogP contribution in [0.1, 0.15) is 36.0 Å². The van der Waals surface area contributed by atoms with Crippen molar-refractivity contribution in [3.05, 3.63) is 35.8 Å². The topological polar surface area (TPSA) is 83.5 Å². The zero-order chi connectivity index (χ0) is 23.5. The van der Waals surface area contributed by atoms with E-state index in [0.717, 1.165) is 12.1 Å². The summed E-state index contributed by atoms with van der Waals surface area (Å²) < 4.78 is 81.0. The molecule has 1 fully saturated rings. The van der Waals surface area contributed by atoms with Crippen molar-refractivity contribution in [2.24, 2.45) is 0 Å². The minimum Gasteiger partial charge on any atom is -0.432 e. The quantitative estimate of drug-likeness (QED) is 0.545. The number of halogens is 6. The van der Waals surface area contributed by atoms with Gasteiger partial charge in [0.25, 0.3) is 5.91 Å². The number of nitrogens with one attached hydrogen (secondary N) is 2. The number of aliphatic hydroxyl groups is 1. The standard InChI is InChI=1S/C20H21F6N3O3/c21-14-6-10-5-11(8-27-15(10)7-16(14)32-19(22)23)18(31)29-13-3-1-12(2-4-13)28-17(9-30)20(24,25)26/h5-8,12-13,17,19,28,30H,1-4,9H2,(H,29,31)/t12?,13?,17-/m0/s1. The van der Waals surface area contributed by atoms with E-state index in [-0.39, 0.29) is 22.5 Å². The average molecular weight is 465 g/mol. The molecule has 0 unspecified atom stereocenters. The fourth-order valence-corrected chi connectivity index (χ4v) is 3.65. The summed E-state index contributed by atoms with van der Waals surface area (Å²) in [5.74, 6) is -2.17. The second-order valence-corrected chi connectivity index (χ2v) is 7.54. The molecule has 1 amide bonds. The van der Waals surface area contributed by atoms with Crippen LogP contribution in [0.15, 0.2) is 24.4 Å². The van der Waals surface area contributed by atoms with E-state index in [1.165, 1.54) is 12.3 Å². The van der Waals surface area contributed by atoms with Crippen LogP contribution in [0.5, 0.6) is 5.75 Å². The fraction of sp³-hybridized carbons (Fsp3) is 0.500. The summed E-state index contributed by atoms with van der Waals surface area (Å²) in [7, 11) is 0. The third-order valence-corrected chi connectivity index (χ3v) is 5.29. The van der Waals surface area contributed by atoms with Crippen molar-refractivity contribution in [3.8, 4) is 5.75 Å². The minimum atomic E-state index is -4.55. The molecule has 12 heteroatoms. The molecule has 0 spiro atoms. The number of hydrogen-bond donors (Lipinski definition) is 3. The molecule has 1 atom stereocenters. The number of rotatable bonds is 7. The van der Waals surface area contributed by atoms with Gasteiger partial charge in [-0.1, -0.05) is 0 Å². The van der Waals surface area contributed by atoms with Crippen LogP contribution in [-0.4, -0.2) is 53.5 Å². The molecule has 3 N–H and O–H groups in total. The number of ether oxygens (including phenoxy) is 1. The summed E-state index contributed by atoms with van der Waals surface area (Å²) in [6, 6.07) is 0.605. The summed E-state index contributed by atoms with van der Waals surface area (Å²) in [4.78, 5) is 16.5. The van der Waals surface area contributed by atoms with E-state index in [9.17, 15) is 31.1 Å². The lowest BCUT2D eigenvalue weighted by atomic mass is 9.90. The molecule has 32 heavy (non-hydrogen) atoms. The van der Waals surface area contributed by atoms with Gasteiger partial charge >= 0.3 is 12.8 Å². The second kappa shape index (κ2) is 9.90. The molecule has 1 aliphatic carbocycles. The second-order valence-electron chi connectivity index (χ2n) is 7.54. The van der Waals surface area contributed by atoms with E-state index in [0.29, 0.717) is 25.7 Å². The highest BCUT2D eigenvalue weighted by atomic mass is 19.4. The Kier molecular flexibility index (Phi) is 7.44. The van der Waals surface area contributed by atoms with Crippen LogP contribution in [0.25, 0.3) is 10.9 Å². The van der Waals surface area contributed by atoms with E-state index >= 15 is 0 Å². The maximum absolute atomic E-state index is 13.9. The van der Waals surface area contributed by atoms with Crippen LogP contribution in [0, 0.1) is 5.82 Å². The van der Waals surface area contributed by atoms with Crippen molar-refractivity contribution in [3.63, 3.8) is 0 Å². The molecule has 1 aliphatic rings. The van der Waals surface area contributed by atoms with Gasteiger partial charge in [-0.25, -0.2) is 4.39 Å². The molecule has 1 aromatic carbocycles. The molecule has 1 aromatic heterocycles. The van der Waals surface area contributed by atoms with Crippen LogP contribution >= 0.6 is 0 Å². The molecule has 3 rings (SSSR count). The molecule has 0 radical (unpaired) electrons. The van der Waals surface area contributed by atoms with Gasteiger partial charge in [0, 0.05) is 29.7 Å². The zero-order valence-corrected chi connectivity index (χ0v) is 16.6. The van der Waals surface area contributed by atoms with E-state index in [4.69, 9.17) is 5.11 Å². The number of aliphatic hydroxyl groups excluding tert-OH is 1. The van der Waals surface area contributed by atoms with E-state index in [1.54, 1.807) is 0 Å². The Balaban J connectivity index is 1.59. The van der Waals surface area contributed by atoms with Crippen LogP contribution in [-0.2, 0) is 0 Å². The lowest BCUT2D eigenvalue weighted by molar-refractivity contribution is -0.166. The number of amides is 1. The Bertz CT molecular complexity index is 948. The molecule has 1 heterocycles. The van der Waals surface area contributed by atoms with Crippen molar-refractivity contribution in [1.29, 1.82) is 0 Å². The molecule has 0 aliphatic heterocycles. The van der Waals surface area contributed by atoms with Crippen molar-refractivity contribution in [2.45, 2.75) is 56.6 Å². The molecule has 176 valence electrons. The van der Waals surface area contributed by atoms with Gasteiger partial charge in [0.2, 0.25) is 0 Å². The Hall–Kier alpha value is -2.60. The first-order valence-electron chi connectivity index (χ1n) is 9.85. The molecule has 0 saturated heterocycles. The molecular formula is C20H21F6N3O3. The highest BCUT2D eigenvalue weighted by molar-refractivity contribution is 5.97. The first kappa shape index (κ1) is 24.1. The van der Waals surface area contributed by atoms with Crippen LogP contribution < -0.4 is 15.4 Å². The van der Waals surface area contributed by atoms with Crippen LogP contribution in [0.4, 0.5) is 26.3 Å². The maximum Gasteiger partial charge on any atom is 0.406 e. The summed E-state index contributed by atoms with van der Waals surface area (Å²) in [6.07, 6.45) is -1.71. The normalized spacial score (nSPS) is 20.4. The van der Waals surface area contributed by atoms with Gasteiger partial charge in [0.05, 0.1) is 17.7 Å². The summed E-state index contributed by atoms with van der Waals surface area (Å²) in [5.41, 5.74) is 0.283.